The van der Waals surface area contributed by atoms with Gasteiger partial charge in [-0.15, -0.1) is 0 Å². The Bertz CT molecular complexity index is 419. The number of benzene rings is 1. The molecular formula is C15H21N3. The summed E-state index contributed by atoms with van der Waals surface area (Å²) in [6.07, 6.45) is 2.33. The summed E-state index contributed by atoms with van der Waals surface area (Å²) >= 11 is 0. The number of hydrogen-bond acceptors (Lipinski definition) is 3. The van der Waals surface area contributed by atoms with Crippen LogP contribution < -0.4 is 10.2 Å². The van der Waals surface area contributed by atoms with Crippen molar-refractivity contribution in [3.8, 4) is 6.07 Å². The van der Waals surface area contributed by atoms with Crippen molar-refractivity contribution in [3.63, 3.8) is 0 Å². The van der Waals surface area contributed by atoms with E-state index < -0.39 is 5.54 Å². The zero-order valence-electron chi connectivity index (χ0n) is 11.2. The molecule has 2 rings (SSSR count). The van der Waals surface area contributed by atoms with Crippen molar-refractivity contribution < 1.29 is 0 Å². The molecule has 0 radical (unpaired) electrons. The Labute approximate surface area is 109 Å². The second-order valence-electron chi connectivity index (χ2n) is 4.96. The number of nitrogens with zero attached hydrogens (tertiary/aromatic N) is 2. The van der Waals surface area contributed by atoms with E-state index in [0.29, 0.717) is 5.92 Å². The van der Waals surface area contributed by atoms with Gasteiger partial charge >= 0.3 is 0 Å². The number of likely N-dealkylation sites (N-methyl/N-ethyl adjacent to an activating group) is 2. The van der Waals surface area contributed by atoms with Crippen LogP contribution >= 0.6 is 0 Å². The maximum Gasteiger partial charge on any atom is 0.126 e. The van der Waals surface area contributed by atoms with Gasteiger partial charge in [-0.25, -0.2) is 0 Å². The number of hydrogen-bond donors (Lipinski definition) is 1. The van der Waals surface area contributed by atoms with Crippen LogP contribution in [0.3, 0.4) is 0 Å². The smallest absolute Gasteiger partial charge is 0.126 e. The lowest BCUT2D eigenvalue weighted by Gasteiger charge is -2.34. The van der Waals surface area contributed by atoms with E-state index in [-0.39, 0.29) is 0 Å². The summed E-state index contributed by atoms with van der Waals surface area (Å²) in [6, 6.07) is 12.8. The lowest BCUT2D eigenvalue weighted by atomic mass is 9.94. The molecule has 1 N–H and O–H groups in total. The minimum Gasteiger partial charge on any atom is -0.369 e. The van der Waals surface area contributed by atoms with Crippen molar-refractivity contribution in [1.82, 2.24) is 5.32 Å². The Kier molecular flexibility index (Phi) is 3.88. The lowest BCUT2D eigenvalue weighted by molar-refractivity contribution is 0.393. The van der Waals surface area contributed by atoms with Gasteiger partial charge in [-0.05, 0) is 44.9 Å². The molecule has 1 saturated carbocycles. The molecule has 3 nitrogen and oxygen atoms in total. The van der Waals surface area contributed by atoms with Crippen LogP contribution in [-0.4, -0.2) is 25.7 Å². The first-order chi connectivity index (χ1) is 8.75. The lowest BCUT2D eigenvalue weighted by Crippen LogP contribution is -2.53. The summed E-state index contributed by atoms with van der Waals surface area (Å²) in [6.45, 7) is 3.81. The molecule has 1 fully saturated rings. The molecule has 0 aliphatic heterocycles. The second-order valence-corrected chi connectivity index (χ2v) is 4.96. The number of rotatable bonds is 6. The third kappa shape index (κ3) is 2.49. The van der Waals surface area contributed by atoms with Crippen molar-refractivity contribution in [2.75, 3.05) is 25.0 Å². The first-order valence-corrected chi connectivity index (χ1v) is 6.66. The summed E-state index contributed by atoms with van der Waals surface area (Å²) in [4.78, 5) is 2.28. The molecule has 0 bridgehead atoms. The Hall–Kier alpha value is -1.53. The van der Waals surface area contributed by atoms with E-state index in [4.69, 9.17) is 0 Å². The van der Waals surface area contributed by atoms with E-state index in [0.717, 1.165) is 13.1 Å². The first-order valence-electron chi connectivity index (χ1n) is 6.66. The van der Waals surface area contributed by atoms with Gasteiger partial charge in [-0.1, -0.05) is 18.2 Å². The van der Waals surface area contributed by atoms with Crippen LogP contribution in [-0.2, 0) is 0 Å². The van der Waals surface area contributed by atoms with E-state index >= 15 is 0 Å². The summed E-state index contributed by atoms with van der Waals surface area (Å²) in [5, 5.41) is 12.8. The molecule has 0 heterocycles. The van der Waals surface area contributed by atoms with Crippen LogP contribution in [0.15, 0.2) is 30.3 Å². The van der Waals surface area contributed by atoms with E-state index in [1.807, 2.05) is 25.2 Å². The Morgan fingerprint density at radius 3 is 2.50 bits per heavy atom. The molecule has 1 unspecified atom stereocenters. The summed E-state index contributed by atoms with van der Waals surface area (Å²) in [5.74, 6) is 0.505. The molecule has 1 aliphatic rings. The molecular weight excluding hydrogens is 222 g/mol. The van der Waals surface area contributed by atoms with Crippen molar-refractivity contribution >= 4 is 5.69 Å². The monoisotopic (exact) mass is 243 g/mol. The highest BCUT2D eigenvalue weighted by molar-refractivity contribution is 5.47. The van der Waals surface area contributed by atoms with Gasteiger partial charge in [0.05, 0.1) is 6.07 Å². The van der Waals surface area contributed by atoms with E-state index in [1.165, 1.54) is 18.5 Å². The van der Waals surface area contributed by atoms with Gasteiger partial charge in [0.1, 0.15) is 5.54 Å². The topological polar surface area (TPSA) is 39.1 Å². The number of nitriles is 1. The fraction of sp³-hybridized carbons (Fsp3) is 0.533. The number of para-hydroxylation sites is 1. The Morgan fingerprint density at radius 2 is 2.06 bits per heavy atom. The summed E-state index contributed by atoms with van der Waals surface area (Å²) < 4.78 is 0. The molecule has 0 spiro atoms. The van der Waals surface area contributed by atoms with Crippen molar-refractivity contribution in [3.05, 3.63) is 30.3 Å². The average molecular weight is 243 g/mol. The van der Waals surface area contributed by atoms with Crippen molar-refractivity contribution in [2.45, 2.75) is 25.3 Å². The fourth-order valence-corrected chi connectivity index (χ4v) is 2.50. The van der Waals surface area contributed by atoms with Gasteiger partial charge < -0.3 is 10.2 Å². The molecule has 1 aliphatic carbocycles. The molecule has 96 valence electrons. The number of nitrogens with one attached hydrogen (secondary N) is 1. The highest BCUT2D eigenvalue weighted by atomic mass is 15.2. The van der Waals surface area contributed by atoms with Crippen molar-refractivity contribution in [1.29, 1.82) is 5.26 Å². The third-order valence-electron chi connectivity index (χ3n) is 3.86. The molecule has 1 aromatic carbocycles. The van der Waals surface area contributed by atoms with Gasteiger partial charge in [0.2, 0.25) is 0 Å². The van der Waals surface area contributed by atoms with E-state index in [1.54, 1.807) is 0 Å². The predicted octanol–water partition coefficient (Wildman–Crippen LogP) is 2.40. The second kappa shape index (κ2) is 5.41. The molecule has 0 amide bonds. The largest absolute Gasteiger partial charge is 0.369 e. The quantitative estimate of drug-likeness (QED) is 0.834. The Morgan fingerprint density at radius 1 is 1.39 bits per heavy atom. The highest BCUT2D eigenvalue weighted by Crippen LogP contribution is 2.40. The minimum absolute atomic E-state index is 0.397. The summed E-state index contributed by atoms with van der Waals surface area (Å²) in [7, 11) is 1.90. The van der Waals surface area contributed by atoms with E-state index in [9.17, 15) is 5.26 Å². The minimum atomic E-state index is -0.397. The predicted molar refractivity (Wildman–Crippen MR) is 74.5 cm³/mol. The summed E-state index contributed by atoms with van der Waals surface area (Å²) in [5.41, 5.74) is 0.793. The molecule has 18 heavy (non-hydrogen) atoms. The van der Waals surface area contributed by atoms with Gasteiger partial charge in [0.15, 0.2) is 0 Å². The molecule has 0 saturated heterocycles. The molecule has 0 aromatic heterocycles. The van der Waals surface area contributed by atoms with Crippen molar-refractivity contribution in [2.24, 2.45) is 5.92 Å². The number of anilines is 1. The van der Waals surface area contributed by atoms with Crippen LogP contribution in [0.2, 0.25) is 0 Å². The van der Waals surface area contributed by atoms with Crippen LogP contribution in [0.25, 0.3) is 0 Å². The first kappa shape index (κ1) is 12.9. The van der Waals surface area contributed by atoms with E-state index in [2.05, 4.69) is 35.3 Å². The standard InChI is InChI=1S/C15H21N3/c1-3-18(14-7-5-4-6-8-14)12-15(11-16,17-2)13-9-10-13/h4-8,13,17H,3,9-10,12H2,1-2H3. The zero-order valence-corrected chi connectivity index (χ0v) is 11.2. The zero-order chi connectivity index (χ0) is 13.0. The fourth-order valence-electron chi connectivity index (χ4n) is 2.50. The Balaban J connectivity index is 2.17. The van der Waals surface area contributed by atoms with Crippen LogP contribution in [0.5, 0.6) is 0 Å². The average Bonchev–Trinajstić information content (AvgIpc) is 3.27. The maximum absolute atomic E-state index is 9.54. The normalized spacial score (nSPS) is 17.8. The maximum atomic E-state index is 9.54. The van der Waals surface area contributed by atoms with Gasteiger partial charge in [0, 0.05) is 18.8 Å². The third-order valence-corrected chi connectivity index (χ3v) is 3.86. The van der Waals surface area contributed by atoms with Gasteiger partial charge in [0.25, 0.3) is 0 Å². The molecule has 1 atom stereocenters. The van der Waals surface area contributed by atoms with Gasteiger partial charge in [-0.2, -0.15) is 5.26 Å². The van der Waals surface area contributed by atoms with Gasteiger partial charge in [-0.3, -0.25) is 0 Å². The molecule has 3 heteroatoms. The van der Waals surface area contributed by atoms with Crippen LogP contribution in [0, 0.1) is 17.2 Å². The SMILES string of the molecule is CCN(CC(C#N)(NC)C1CC1)c1ccccc1. The van der Waals surface area contributed by atoms with Crippen LogP contribution in [0.1, 0.15) is 19.8 Å². The highest BCUT2D eigenvalue weighted by Gasteiger charge is 2.45. The van der Waals surface area contributed by atoms with Crippen LogP contribution in [0.4, 0.5) is 5.69 Å². The molecule has 1 aromatic rings.